The molecule has 18 heavy (non-hydrogen) atoms. The largest absolute Gasteiger partial charge is 0.507 e. The lowest BCUT2D eigenvalue weighted by Gasteiger charge is -2.20. The maximum atomic E-state index is 10.3. The van der Waals surface area contributed by atoms with Crippen LogP contribution in [-0.4, -0.2) is 22.9 Å². The molecule has 3 nitrogen and oxygen atoms in total. The van der Waals surface area contributed by atoms with Crippen molar-refractivity contribution in [2.24, 2.45) is 0 Å². The van der Waals surface area contributed by atoms with Crippen LogP contribution < -0.4 is 5.32 Å². The molecule has 0 heterocycles. The Morgan fingerprint density at radius 1 is 1.11 bits per heavy atom. The zero-order valence-electron chi connectivity index (χ0n) is 10.7. The van der Waals surface area contributed by atoms with Crippen molar-refractivity contribution in [3.8, 4) is 5.75 Å². The van der Waals surface area contributed by atoms with Gasteiger partial charge in [0.15, 0.2) is 0 Å². The summed E-state index contributed by atoms with van der Waals surface area (Å²) >= 11 is 0. The second kappa shape index (κ2) is 5.38. The van der Waals surface area contributed by atoms with Crippen LogP contribution in [0, 0.1) is 0 Å². The number of benzene rings is 2. The minimum absolute atomic E-state index is 0.00300. The average Bonchev–Trinajstić information content (AvgIpc) is 2.39. The van der Waals surface area contributed by atoms with Crippen molar-refractivity contribution < 1.29 is 10.2 Å². The van der Waals surface area contributed by atoms with Crippen molar-refractivity contribution >= 4 is 10.8 Å². The third kappa shape index (κ3) is 2.47. The van der Waals surface area contributed by atoms with Gasteiger partial charge in [-0.2, -0.15) is 0 Å². The Labute approximate surface area is 107 Å². The fraction of sp³-hybridized carbons (Fsp3) is 0.333. The Morgan fingerprint density at radius 3 is 2.56 bits per heavy atom. The molecule has 0 radical (unpaired) electrons. The highest BCUT2D eigenvalue weighted by Gasteiger charge is 2.14. The summed E-state index contributed by atoms with van der Waals surface area (Å²) < 4.78 is 0. The number of aromatic hydroxyl groups is 1. The predicted octanol–water partition coefficient (Wildman–Crippen LogP) is 2.58. The number of hydrogen-bond acceptors (Lipinski definition) is 3. The zero-order chi connectivity index (χ0) is 13.1. The number of rotatable bonds is 4. The van der Waals surface area contributed by atoms with E-state index in [0.29, 0.717) is 5.75 Å². The number of hydrogen-bond donors (Lipinski definition) is 3. The van der Waals surface area contributed by atoms with Crippen LogP contribution in [0.25, 0.3) is 10.8 Å². The number of phenolic OH excluding ortho intramolecular Hbond substituents is 1. The predicted molar refractivity (Wildman–Crippen MR) is 73.7 cm³/mol. The van der Waals surface area contributed by atoms with Gasteiger partial charge in [0.1, 0.15) is 5.75 Å². The first-order chi connectivity index (χ1) is 8.63. The first-order valence-electron chi connectivity index (χ1n) is 6.21. The molecule has 2 rings (SSSR count). The Hall–Kier alpha value is -1.58. The van der Waals surface area contributed by atoms with E-state index in [1.54, 1.807) is 0 Å². The molecule has 0 bridgehead atoms. The second-order valence-electron chi connectivity index (χ2n) is 4.70. The van der Waals surface area contributed by atoms with Gasteiger partial charge in [0.25, 0.3) is 0 Å². The Bertz CT molecular complexity index is 539. The molecule has 0 aliphatic heterocycles. The van der Waals surface area contributed by atoms with Crippen molar-refractivity contribution in [2.75, 3.05) is 6.61 Å². The van der Waals surface area contributed by atoms with Crippen molar-refractivity contribution in [2.45, 2.75) is 25.9 Å². The molecule has 1 unspecified atom stereocenters. The molecule has 2 aromatic rings. The van der Waals surface area contributed by atoms with Crippen LogP contribution in [0.15, 0.2) is 36.4 Å². The maximum Gasteiger partial charge on any atom is 0.128 e. The zero-order valence-corrected chi connectivity index (χ0v) is 10.7. The van der Waals surface area contributed by atoms with Crippen molar-refractivity contribution in [3.05, 3.63) is 42.0 Å². The molecular weight excluding hydrogens is 226 g/mol. The number of aliphatic hydroxyl groups excluding tert-OH is 1. The molecule has 0 amide bonds. The summed E-state index contributed by atoms with van der Waals surface area (Å²) in [5.74, 6) is 0.318. The first kappa shape index (κ1) is 12.9. The smallest absolute Gasteiger partial charge is 0.128 e. The summed E-state index contributed by atoms with van der Waals surface area (Å²) in [4.78, 5) is 0. The molecule has 0 saturated heterocycles. The molecule has 2 aromatic carbocycles. The van der Waals surface area contributed by atoms with Gasteiger partial charge in [-0.3, -0.25) is 0 Å². The molecule has 0 aliphatic carbocycles. The number of nitrogens with one attached hydrogen (secondary N) is 1. The quantitative estimate of drug-likeness (QED) is 0.776. The van der Waals surface area contributed by atoms with Gasteiger partial charge in [0, 0.05) is 23.0 Å². The van der Waals surface area contributed by atoms with Crippen LogP contribution in [0.3, 0.4) is 0 Å². The summed E-state index contributed by atoms with van der Waals surface area (Å²) in [7, 11) is 0. The van der Waals surface area contributed by atoms with Gasteiger partial charge < -0.3 is 15.5 Å². The molecule has 0 aliphatic rings. The maximum absolute atomic E-state index is 10.3. The van der Waals surface area contributed by atoms with Crippen LogP contribution in [0.5, 0.6) is 5.75 Å². The fourth-order valence-corrected chi connectivity index (χ4v) is 2.19. The Balaban J connectivity index is 2.36. The van der Waals surface area contributed by atoms with E-state index in [4.69, 9.17) is 5.11 Å². The van der Waals surface area contributed by atoms with Gasteiger partial charge in [-0.25, -0.2) is 0 Å². The topological polar surface area (TPSA) is 52.5 Å². The van der Waals surface area contributed by atoms with Crippen molar-refractivity contribution in [3.63, 3.8) is 0 Å². The minimum atomic E-state index is -0.00300. The van der Waals surface area contributed by atoms with Crippen LogP contribution in [0.1, 0.15) is 25.5 Å². The van der Waals surface area contributed by atoms with Crippen LogP contribution in [-0.2, 0) is 0 Å². The van der Waals surface area contributed by atoms with E-state index < -0.39 is 0 Å². The van der Waals surface area contributed by atoms with E-state index in [2.05, 4.69) is 5.32 Å². The average molecular weight is 245 g/mol. The fourth-order valence-electron chi connectivity index (χ4n) is 2.19. The summed E-state index contributed by atoms with van der Waals surface area (Å²) in [6.45, 7) is 3.98. The molecule has 0 fully saturated rings. The molecule has 3 N–H and O–H groups in total. The lowest BCUT2D eigenvalue weighted by Crippen LogP contribution is -2.31. The molecule has 0 aromatic heterocycles. The van der Waals surface area contributed by atoms with E-state index in [0.717, 1.165) is 16.3 Å². The number of phenols is 1. The van der Waals surface area contributed by atoms with Crippen molar-refractivity contribution in [1.29, 1.82) is 0 Å². The summed E-state index contributed by atoms with van der Waals surface area (Å²) in [5, 5.41) is 24.5. The third-order valence-corrected chi connectivity index (χ3v) is 3.21. The molecule has 96 valence electrons. The first-order valence-corrected chi connectivity index (χ1v) is 6.21. The van der Waals surface area contributed by atoms with E-state index in [1.165, 1.54) is 0 Å². The van der Waals surface area contributed by atoms with Crippen LogP contribution in [0.4, 0.5) is 0 Å². The second-order valence-corrected chi connectivity index (χ2v) is 4.70. The molecule has 0 spiro atoms. The van der Waals surface area contributed by atoms with E-state index >= 15 is 0 Å². The van der Waals surface area contributed by atoms with E-state index in [1.807, 2.05) is 50.2 Å². The minimum Gasteiger partial charge on any atom is -0.507 e. The SMILES string of the molecule is CC(N[C@H](C)CO)c1ccc2ccccc2c1O. The highest BCUT2D eigenvalue weighted by Crippen LogP contribution is 2.32. The summed E-state index contributed by atoms with van der Waals surface area (Å²) in [6, 6.07) is 11.7. The van der Waals surface area contributed by atoms with Crippen LogP contribution >= 0.6 is 0 Å². The van der Waals surface area contributed by atoms with Gasteiger partial charge in [-0.1, -0.05) is 36.4 Å². The highest BCUT2D eigenvalue weighted by molar-refractivity contribution is 5.89. The standard InChI is InChI=1S/C15H19NO2/c1-10(9-17)16-11(2)13-8-7-12-5-3-4-6-14(12)15(13)18/h3-8,10-11,16-18H,9H2,1-2H3/t10-,11?/m1/s1. The van der Waals surface area contributed by atoms with E-state index in [-0.39, 0.29) is 18.7 Å². The lowest BCUT2D eigenvalue weighted by molar-refractivity contribution is 0.242. The molecule has 2 atom stereocenters. The molecular formula is C15H19NO2. The van der Waals surface area contributed by atoms with Crippen LogP contribution in [0.2, 0.25) is 0 Å². The Morgan fingerprint density at radius 2 is 1.83 bits per heavy atom. The molecule has 3 heteroatoms. The number of aliphatic hydroxyl groups is 1. The summed E-state index contributed by atoms with van der Waals surface area (Å²) in [5.41, 5.74) is 0.856. The highest BCUT2D eigenvalue weighted by atomic mass is 16.3. The molecule has 0 saturated carbocycles. The summed E-state index contributed by atoms with van der Waals surface area (Å²) in [6.07, 6.45) is 0. The van der Waals surface area contributed by atoms with Gasteiger partial charge in [0.05, 0.1) is 6.61 Å². The number of fused-ring (bicyclic) bond motifs is 1. The van der Waals surface area contributed by atoms with Gasteiger partial charge in [-0.05, 0) is 19.2 Å². The monoisotopic (exact) mass is 245 g/mol. The lowest BCUT2D eigenvalue weighted by atomic mass is 10.0. The van der Waals surface area contributed by atoms with Gasteiger partial charge in [-0.15, -0.1) is 0 Å². The normalized spacial score (nSPS) is 14.6. The van der Waals surface area contributed by atoms with Gasteiger partial charge in [0.2, 0.25) is 0 Å². The Kier molecular flexibility index (Phi) is 3.84. The third-order valence-electron chi connectivity index (χ3n) is 3.21. The van der Waals surface area contributed by atoms with Crippen molar-refractivity contribution in [1.82, 2.24) is 5.32 Å². The van der Waals surface area contributed by atoms with E-state index in [9.17, 15) is 5.11 Å². The van der Waals surface area contributed by atoms with Gasteiger partial charge >= 0.3 is 0 Å².